The molecule has 31 heavy (non-hydrogen) atoms. The van der Waals surface area contributed by atoms with Crippen molar-refractivity contribution in [1.82, 2.24) is 0 Å². The summed E-state index contributed by atoms with van der Waals surface area (Å²) in [5.74, 6) is -0.959. The average Bonchev–Trinajstić information content (AvgIpc) is 2.69. The number of allylic oxidation sites excluding steroid dienone is 2. The van der Waals surface area contributed by atoms with E-state index in [1.807, 2.05) is 19.9 Å². The number of aliphatic hydroxyl groups is 1. The predicted molar refractivity (Wildman–Crippen MR) is 119 cm³/mol. The Morgan fingerprint density at radius 3 is 2.45 bits per heavy atom. The first-order chi connectivity index (χ1) is 14.6. The Hall–Kier alpha value is -3.45. The highest BCUT2D eigenvalue weighted by Gasteiger charge is 2.24. The van der Waals surface area contributed by atoms with Crippen LogP contribution in [0.3, 0.4) is 0 Å². The standard InChI is InChI=1S/C24H26O7/c1-11(2)6-7-13-8-15-22(29)19-18(31-23(15)24(30-5)20(13)27)10-17(26)14(21(19)28)9-16(25)12(3)4/h6,8,10,16,25-28H,3,7,9H2,1-2,4-5H3. The van der Waals surface area contributed by atoms with Gasteiger partial charge in [-0.2, -0.15) is 0 Å². The van der Waals surface area contributed by atoms with E-state index in [1.165, 1.54) is 19.2 Å². The van der Waals surface area contributed by atoms with Crippen molar-refractivity contribution in [3.8, 4) is 23.0 Å². The summed E-state index contributed by atoms with van der Waals surface area (Å²) in [6.07, 6.45) is 1.14. The Bertz CT molecular complexity index is 1280. The molecule has 0 saturated carbocycles. The Morgan fingerprint density at radius 1 is 1.19 bits per heavy atom. The third kappa shape index (κ3) is 3.96. The van der Waals surface area contributed by atoms with Crippen molar-refractivity contribution in [1.29, 1.82) is 0 Å². The maximum atomic E-state index is 13.3. The summed E-state index contributed by atoms with van der Waals surface area (Å²) < 4.78 is 11.1. The quantitative estimate of drug-likeness (QED) is 0.346. The first-order valence-electron chi connectivity index (χ1n) is 9.76. The molecule has 0 bridgehead atoms. The molecule has 0 fully saturated rings. The van der Waals surface area contributed by atoms with Gasteiger partial charge in [0.25, 0.3) is 0 Å². The first-order valence-corrected chi connectivity index (χ1v) is 9.76. The van der Waals surface area contributed by atoms with Crippen LogP contribution in [-0.4, -0.2) is 33.6 Å². The van der Waals surface area contributed by atoms with E-state index in [-0.39, 0.29) is 51.2 Å². The van der Waals surface area contributed by atoms with Crippen LogP contribution in [0.4, 0.5) is 0 Å². The van der Waals surface area contributed by atoms with Crippen molar-refractivity contribution in [2.24, 2.45) is 0 Å². The summed E-state index contributed by atoms with van der Waals surface area (Å²) in [6, 6.07) is 2.70. The molecule has 4 N–H and O–H groups in total. The molecule has 164 valence electrons. The van der Waals surface area contributed by atoms with E-state index in [0.717, 1.165) is 5.57 Å². The van der Waals surface area contributed by atoms with Crippen LogP contribution in [-0.2, 0) is 12.8 Å². The number of aromatic hydroxyl groups is 3. The lowest BCUT2D eigenvalue weighted by molar-refractivity contribution is 0.209. The number of hydrogen-bond acceptors (Lipinski definition) is 7. The van der Waals surface area contributed by atoms with E-state index in [2.05, 4.69) is 6.58 Å². The number of aliphatic hydroxyl groups excluding tert-OH is 1. The van der Waals surface area contributed by atoms with E-state index in [1.54, 1.807) is 6.92 Å². The molecule has 1 atom stereocenters. The normalized spacial score (nSPS) is 12.2. The molecule has 3 rings (SSSR count). The molecule has 0 radical (unpaired) electrons. The van der Waals surface area contributed by atoms with E-state index in [0.29, 0.717) is 17.6 Å². The first kappa shape index (κ1) is 22.2. The molecule has 1 unspecified atom stereocenters. The van der Waals surface area contributed by atoms with Crippen LogP contribution in [0.2, 0.25) is 0 Å². The number of benzene rings is 2. The molecule has 0 aliphatic heterocycles. The Balaban J connectivity index is 2.37. The summed E-state index contributed by atoms with van der Waals surface area (Å²) in [4.78, 5) is 13.3. The summed E-state index contributed by atoms with van der Waals surface area (Å²) in [6.45, 7) is 9.12. The van der Waals surface area contributed by atoms with Gasteiger partial charge in [-0.3, -0.25) is 4.79 Å². The van der Waals surface area contributed by atoms with Crippen molar-refractivity contribution in [3.05, 3.63) is 57.3 Å². The van der Waals surface area contributed by atoms with E-state index >= 15 is 0 Å². The zero-order valence-electron chi connectivity index (χ0n) is 17.9. The van der Waals surface area contributed by atoms with Crippen LogP contribution in [0.15, 0.2) is 45.1 Å². The van der Waals surface area contributed by atoms with Crippen LogP contribution in [0.1, 0.15) is 31.9 Å². The second-order valence-corrected chi connectivity index (χ2v) is 7.87. The van der Waals surface area contributed by atoms with E-state index in [4.69, 9.17) is 9.15 Å². The van der Waals surface area contributed by atoms with Crippen molar-refractivity contribution < 1.29 is 29.6 Å². The lowest BCUT2D eigenvalue weighted by Gasteiger charge is -2.15. The zero-order chi connectivity index (χ0) is 23.0. The van der Waals surface area contributed by atoms with Crippen LogP contribution < -0.4 is 10.2 Å². The average molecular weight is 426 g/mol. The van der Waals surface area contributed by atoms with Gasteiger partial charge in [0.2, 0.25) is 11.2 Å². The molecule has 1 heterocycles. The van der Waals surface area contributed by atoms with Gasteiger partial charge < -0.3 is 29.6 Å². The van der Waals surface area contributed by atoms with Gasteiger partial charge in [-0.25, -0.2) is 0 Å². The number of ether oxygens (including phenoxy) is 1. The fraction of sp³-hybridized carbons (Fsp3) is 0.292. The minimum atomic E-state index is -1.01. The fourth-order valence-electron chi connectivity index (χ4n) is 3.40. The minimum absolute atomic E-state index is 0.00517. The Labute approximate surface area is 179 Å². The lowest BCUT2D eigenvalue weighted by atomic mass is 9.98. The molecule has 2 aromatic carbocycles. The van der Waals surface area contributed by atoms with Crippen LogP contribution in [0, 0.1) is 0 Å². The molecule has 1 aromatic heterocycles. The Morgan fingerprint density at radius 2 is 1.87 bits per heavy atom. The van der Waals surface area contributed by atoms with Crippen molar-refractivity contribution in [3.63, 3.8) is 0 Å². The van der Waals surface area contributed by atoms with Gasteiger partial charge in [-0.1, -0.05) is 23.8 Å². The molecule has 3 aromatic rings. The van der Waals surface area contributed by atoms with Crippen molar-refractivity contribution in [2.75, 3.05) is 7.11 Å². The molecule has 0 aliphatic rings. The molecule has 0 saturated heterocycles. The van der Waals surface area contributed by atoms with Gasteiger partial charge in [0.05, 0.1) is 18.6 Å². The third-order valence-corrected chi connectivity index (χ3v) is 5.22. The lowest BCUT2D eigenvalue weighted by Crippen LogP contribution is -2.12. The predicted octanol–water partition coefficient (Wildman–Crippen LogP) is 4.06. The number of hydrogen-bond donors (Lipinski definition) is 4. The van der Waals surface area contributed by atoms with Crippen LogP contribution in [0.25, 0.3) is 21.9 Å². The second kappa shape index (κ2) is 8.35. The highest BCUT2D eigenvalue weighted by atomic mass is 16.5. The van der Waals surface area contributed by atoms with Gasteiger partial charge >= 0.3 is 0 Å². The fourth-order valence-corrected chi connectivity index (χ4v) is 3.40. The largest absolute Gasteiger partial charge is 0.507 e. The summed E-state index contributed by atoms with van der Waals surface area (Å²) in [5, 5.41) is 41.9. The van der Waals surface area contributed by atoms with E-state index in [9.17, 15) is 25.2 Å². The van der Waals surface area contributed by atoms with Crippen LogP contribution in [0.5, 0.6) is 23.0 Å². The molecule has 7 heteroatoms. The maximum absolute atomic E-state index is 13.3. The van der Waals surface area contributed by atoms with Gasteiger partial charge in [-0.05, 0) is 33.3 Å². The molecular formula is C24H26O7. The Kier molecular flexibility index (Phi) is 5.99. The molecular weight excluding hydrogens is 400 g/mol. The number of phenolic OH excluding ortho intramolecular Hbond substituents is 3. The number of rotatable bonds is 6. The summed E-state index contributed by atoms with van der Waals surface area (Å²) >= 11 is 0. The molecule has 0 amide bonds. The number of methoxy groups -OCH3 is 1. The van der Waals surface area contributed by atoms with Crippen molar-refractivity contribution in [2.45, 2.75) is 39.7 Å². The van der Waals surface area contributed by atoms with Crippen molar-refractivity contribution >= 4 is 21.9 Å². The zero-order valence-corrected chi connectivity index (χ0v) is 17.9. The summed E-state index contributed by atoms with van der Waals surface area (Å²) in [7, 11) is 1.35. The summed E-state index contributed by atoms with van der Waals surface area (Å²) in [5.41, 5.74) is 1.37. The number of fused-ring (bicyclic) bond motifs is 2. The highest BCUT2D eigenvalue weighted by Crippen LogP contribution is 2.42. The van der Waals surface area contributed by atoms with Gasteiger partial charge in [0, 0.05) is 23.6 Å². The molecule has 7 nitrogen and oxygen atoms in total. The van der Waals surface area contributed by atoms with Gasteiger partial charge in [-0.15, -0.1) is 0 Å². The van der Waals surface area contributed by atoms with Crippen LogP contribution >= 0.6 is 0 Å². The topological polar surface area (TPSA) is 120 Å². The highest BCUT2D eigenvalue weighted by molar-refractivity contribution is 5.98. The van der Waals surface area contributed by atoms with Gasteiger partial charge in [0.1, 0.15) is 22.5 Å². The smallest absolute Gasteiger partial charge is 0.204 e. The van der Waals surface area contributed by atoms with E-state index < -0.39 is 17.3 Å². The SMILES string of the molecule is C=C(C)C(O)Cc1c(O)cc2oc3c(OC)c(O)c(CC=C(C)C)cc3c(=O)c2c1O. The molecule has 0 aliphatic carbocycles. The van der Waals surface area contributed by atoms with Gasteiger partial charge in [0.15, 0.2) is 11.3 Å². The third-order valence-electron chi connectivity index (χ3n) is 5.22. The molecule has 0 spiro atoms. The number of phenols is 3. The monoisotopic (exact) mass is 426 g/mol. The second-order valence-electron chi connectivity index (χ2n) is 7.87. The minimum Gasteiger partial charge on any atom is -0.507 e. The maximum Gasteiger partial charge on any atom is 0.204 e.